The first-order valence-corrected chi connectivity index (χ1v) is 8.13. The summed E-state index contributed by atoms with van der Waals surface area (Å²) in [4.78, 5) is 17.6. The van der Waals surface area contributed by atoms with Crippen LogP contribution in [0.25, 0.3) is 11.2 Å². The molecule has 0 saturated carbocycles. The van der Waals surface area contributed by atoms with Gasteiger partial charge in [-0.3, -0.25) is 0 Å². The molecule has 26 heavy (non-hydrogen) atoms. The number of aromatic nitrogens is 4. The van der Waals surface area contributed by atoms with Gasteiger partial charge >= 0.3 is 6.18 Å². The Bertz CT molecular complexity index is 926. The number of aromatic amines is 1. The molecule has 2 atom stereocenters. The molecule has 1 aliphatic rings. The molecule has 1 aromatic carbocycles. The van der Waals surface area contributed by atoms with E-state index in [4.69, 9.17) is 4.74 Å². The van der Waals surface area contributed by atoms with E-state index < -0.39 is 17.8 Å². The number of hydrogen-bond acceptors (Lipinski definition) is 5. The molecule has 2 unspecified atom stereocenters. The maximum Gasteiger partial charge on any atom is 0.416 e. The van der Waals surface area contributed by atoms with Gasteiger partial charge in [0, 0.05) is 0 Å². The third-order valence-corrected chi connectivity index (χ3v) is 4.49. The number of H-pyrrole nitrogens is 1. The first-order chi connectivity index (χ1) is 12.4. The van der Waals surface area contributed by atoms with Crippen molar-refractivity contribution in [3.8, 4) is 0 Å². The number of rotatable bonds is 2. The molecule has 0 spiro atoms. The molecule has 1 aliphatic heterocycles. The molecule has 0 radical (unpaired) electrons. The molecule has 136 valence electrons. The van der Waals surface area contributed by atoms with Gasteiger partial charge in [0.15, 0.2) is 11.5 Å². The zero-order valence-electron chi connectivity index (χ0n) is 13.9. The number of hydrogen-bond donors (Lipinski definition) is 1. The Balaban J connectivity index is 1.66. The van der Waals surface area contributed by atoms with Crippen LogP contribution in [0, 0.1) is 0 Å². The number of halogens is 3. The molecule has 1 N–H and O–H groups in total. The maximum atomic E-state index is 13.0. The lowest BCUT2D eigenvalue weighted by molar-refractivity contribution is -0.137. The average Bonchev–Trinajstić information content (AvgIpc) is 3.10. The van der Waals surface area contributed by atoms with Crippen LogP contribution >= 0.6 is 0 Å². The van der Waals surface area contributed by atoms with E-state index in [1.54, 1.807) is 6.07 Å². The highest BCUT2D eigenvalue weighted by atomic mass is 19.4. The molecule has 3 heterocycles. The lowest BCUT2D eigenvalue weighted by Crippen LogP contribution is -2.45. The quantitative estimate of drug-likeness (QED) is 0.756. The Morgan fingerprint density at radius 2 is 2.08 bits per heavy atom. The maximum absolute atomic E-state index is 13.0. The summed E-state index contributed by atoms with van der Waals surface area (Å²) in [6.07, 6.45) is -1.90. The van der Waals surface area contributed by atoms with E-state index in [-0.39, 0.29) is 6.04 Å². The highest BCUT2D eigenvalue weighted by Gasteiger charge is 2.33. The van der Waals surface area contributed by atoms with E-state index >= 15 is 0 Å². The molecule has 1 fully saturated rings. The van der Waals surface area contributed by atoms with Gasteiger partial charge in [-0.1, -0.05) is 12.1 Å². The summed E-state index contributed by atoms with van der Waals surface area (Å²) >= 11 is 0. The summed E-state index contributed by atoms with van der Waals surface area (Å²) in [5, 5.41) is 0. The van der Waals surface area contributed by atoms with Crippen LogP contribution < -0.4 is 4.90 Å². The average molecular weight is 363 g/mol. The Morgan fingerprint density at radius 3 is 2.88 bits per heavy atom. The minimum absolute atomic E-state index is 0.0125. The Hall–Kier alpha value is -2.68. The molecule has 4 rings (SSSR count). The van der Waals surface area contributed by atoms with Crippen molar-refractivity contribution in [3.63, 3.8) is 0 Å². The Kier molecular flexibility index (Phi) is 4.03. The fraction of sp³-hybridized carbons (Fsp3) is 0.353. The Morgan fingerprint density at radius 1 is 1.23 bits per heavy atom. The monoisotopic (exact) mass is 363 g/mol. The zero-order valence-corrected chi connectivity index (χ0v) is 13.9. The van der Waals surface area contributed by atoms with E-state index in [2.05, 4.69) is 19.9 Å². The molecule has 9 heteroatoms. The SMILES string of the molecule is CC1COC(c2cccc(C(F)(F)F)c2)CN1c1ncnc2nc[nH]c12. The minimum atomic E-state index is -4.38. The van der Waals surface area contributed by atoms with Gasteiger partial charge in [-0.25, -0.2) is 15.0 Å². The molecular weight excluding hydrogens is 347 g/mol. The summed E-state index contributed by atoms with van der Waals surface area (Å²) in [6.45, 7) is 2.74. The molecule has 6 nitrogen and oxygen atoms in total. The largest absolute Gasteiger partial charge is 0.416 e. The first-order valence-electron chi connectivity index (χ1n) is 8.13. The van der Waals surface area contributed by atoms with E-state index in [0.29, 0.717) is 35.7 Å². The number of morpholine rings is 1. The van der Waals surface area contributed by atoms with Crippen LogP contribution in [0.2, 0.25) is 0 Å². The van der Waals surface area contributed by atoms with Crippen molar-refractivity contribution < 1.29 is 17.9 Å². The van der Waals surface area contributed by atoms with Crippen molar-refractivity contribution in [1.29, 1.82) is 0 Å². The van der Waals surface area contributed by atoms with Crippen molar-refractivity contribution in [2.75, 3.05) is 18.1 Å². The first kappa shape index (κ1) is 16.8. The van der Waals surface area contributed by atoms with Gasteiger partial charge in [-0.2, -0.15) is 13.2 Å². The predicted molar refractivity (Wildman–Crippen MR) is 88.6 cm³/mol. The molecule has 2 aromatic heterocycles. The topological polar surface area (TPSA) is 66.9 Å². The van der Waals surface area contributed by atoms with Gasteiger partial charge in [-0.05, 0) is 24.6 Å². The van der Waals surface area contributed by atoms with Crippen molar-refractivity contribution in [1.82, 2.24) is 19.9 Å². The van der Waals surface area contributed by atoms with Crippen molar-refractivity contribution >= 4 is 17.0 Å². The van der Waals surface area contributed by atoms with Gasteiger partial charge in [0.2, 0.25) is 0 Å². The second-order valence-corrected chi connectivity index (χ2v) is 6.24. The van der Waals surface area contributed by atoms with Gasteiger partial charge < -0.3 is 14.6 Å². The molecule has 0 aliphatic carbocycles. The van der Waals surface area contributed by atoms with E-state index in [1.807, 2.05) is 11.8 Å². The molecule has 3 aromatic rings. The summed E-state index contributed by atoms with van der Waals surface area (Å²) in [5.41, 5.74) is 1.06. The van der Waals surface area contributed by atoms with Gasteiger partial charge in [0.1, 0.15) is 17.9 Å². The molecule has 0 amide bonds. The van der Waals surface area contributed by atoms with E-state index in [9.17, 15) is 13.2 Å². The summed E-state index contributed by atoms with van der Waals surface area (Å²) < 4.78 is 44.8. The highest BCUT2D eigenvalue weighted by Crippen LogP contribution is 2.34. The summed E-state index contributed by atoms with van der Waals surface area (Å²) in [7, 11) is 0. The third-order valence-electron chi connectivity index (χ3n) is 4.49. The van der Waals surface area contributed by atoms with E-state index in [1.165, 1.54) is 18.7 Å². The number of nitrogens with zero attached hydrogens (tertiary/aromatic N) is 4. The molecule has 1 saturated heterocycles. The summed E-state index contributed by atoms with van der Waals surface area (Å²) in [5.74, 6) is 0.667. The number of alkyl halides is 3. The van der Waals surface area contributed by atoms with Gasteiger partial charge in [0.05, 0.1) is 31.1 Å². The number of ether oxygens (including phenoxy) is 1. The second-order valence-electron chi connectivity index (χ2n) is 6.24. The van der Waals surface area contributed by atoms with Crippen LogP contribution in [0.1, 0.15) is 24.2 Å². The normalized spacial score (nSPS) is 21.3. The van der Waals surface area contributed by atoms with Crippen molar-refractivity contribution in [2.45, 2.75) is 25.2 Å². The number of imidazole rings is 1. The number of anilines is 1. The van der Waals surface area contributed by atoms with Crippen LogP contribution in [0.5, 0.6) is 0 Å². The predicted octanol–water partition coefficient (Wildman–Crippen LogP) is 3.34. The van der Waals surface area contributed by atoms with Gasteiger partial charge in [-0.15, -0.1) is 0 Å². The lowest BCUT2D eigenvalue weighted by Gasteiger charge is -2.39. The number of fused-ring (bicyclic) bond motifs is 1. The van der Waals surface area contributed by atoms with Crippen LogP contribution in [0.4, 0.5) is 19.0 Å². The zero-order chi connectivity index (χ0) is 18.3. The standard InChI is InChI=1S/C17H16F3N5O/c1-10-7-26-13(11-3-2-4-12(5-11)17(18,19)20)6-25(10)16-14-15(22-8-21-14)23-9-24-16/h2-5,8-10,13H,6-7H2,1H3,(H,21,22,23,24). The minimum Gasteiger partial charge on any atom is -0.370 e. The van der Waals surface area contributed by atoms with Crippen molar-refractivity contribution in [3.05, 3.63) is 48.0 Å². The van der Waals surface area contributed by atoms with Gasteiger partial charge in [0.25, 0.3) is 0 Å². The van der Waals surface area contributed by atoms with Crippen LogP contribution in [-0.4, -0.2) is 39.1 Å². The molecule has 0 bridgehead atoms. The number of nitrogens with one attached hydrogen (secondary N) is 1. The second kappa shape index (κ2) is 6.24. The summed E-state index contributed by atoms with van der Waals surface area (Å²) in [6, 6.07) is 5.27. The third kappa shape index (κ3) is 2.98. The van der Waals surface area contributed by atoms with Crippen LogP contribution in [0.15, 0.2) is 36.9 Å². The molecular formula is C17H16F3N5O. The highest BCUT2D eigenvalue weighted by molar-refractivity contribution is 5.82. The lowest BCUT2D eigenvalue weighted by atomic mass is 10.0. The smallest absolute Gasteiger partial charge is 0.370 e. The fourth-order valence-electron chi connectivity index (χ4n) is 3.14. The van der Waals surface area contributed by atoms with E-state index in [0.717, 1.165) is 12.1 Å². The number of benzene rings is 1. The van der Waals surface area contributed by atoms with Crippen LogP contribution in [0.3, 0.4) is 0 Å². The van der Waals surface area contributed by atoms with Crippen molar-refractivity contribution in [2.24, 2.45) is 0 Å². The Labute approximate surface area is 147 Å². The van der Waals surface area contributed by atoms with Crippen LogP contribution in [-0.2, 0) is 10.9 Å². The fourth-order valence-corrected chi connectivity index (χ4v) is 3.14.